The van der Waals surface area contributed by atoms with Gasteiger partial charge in [-0.25, -0.2) is 0 Å². The highest BCUT2D eigenvalue weighted by atomic mass is 16.1. The molecule has 0 atom stereocenters. The number of benzene rings is 1. The summed E-state index contributed by atoms with van der Waals surface area (Å²) >= 11 is 0. The van der Waals surface area contributed by atoms with Crippen molar-refractivity contribution in [3.8, 4) is 6.07 Å². The van der Waals surface area contributed by atoms with E-state index in [0.717, 1.165) is 68.8 Å². The zero-order valence-corrected chi connectivity index (χ0v) is 18.3. The molecule has 2 heterocycles. The van der Waals surface area contributed by atoms with E-state index in [4.69, 9.17) is 0 Å². The number of Topliss-reactive ketones (excluding diaryl/α,β-unsaturated/α-hetero) is 2. The Bertz CT molecular complexity index is 967. The van der Waals surface area contributed by atoms with Crippen molar-refractivity contribution in [2.45, 2.75) is 57.8 Å². The van der Waals surface area contributed by atoms with Gasteiger partial charge in [0, 0.05) is 37.1 Å². The predicted molar refractivity (Wildman–Crippen MR) is 119 cm³/mol. The summed E-state index contributed by atoms with van der Waals surface area (Å²) in [6.45, 7) is 5.08. The Morgan fingerprint density at radius 1 is 1.06 bits per heavy atom. The molecular weight excluding hydrogens is 386 g/mol. The van der Waals surface area contributed by atoms with Crippen molar-refractivity contribution < 1.29 is 9.59 Å². The van der Waals surface area contributed by atoms with Crippen LogP contribution < -0.4 is 0 Å². The maximum Gasteiger partial charge on any atom is 0.179 e. The molecule has 4 aliphatic rings. The molecule has 0 unspecified atom stereocenters. The van der Waals surface area contributed by atoms with E-state index in [-0.39, 0.29) is 23.6 Å². The second-order valence-corrected chi connectivity index (χ2v) is 9.87. The predicted octanol–water partition coefficient (Wildman–Crippen LogP) is 3.98. The SMILES string of the molecule is N#CC1=C(N2CCC3(CC2)CC3)c2cc(C(=O)CCCN3CCCC3)ccc2CC1=O. The lowest BCUT2D eigenvalue weighted by molar-refractivity contribution is -0.114. The van der Waals surface area contributed by atoms with Crippen LogP contribution in [0.15, 0.2) is 23.8 Å². The fourth-order valence-electron chi connectivity index (χ4n) is 5.59. The molecule has 0 amide bonds. The van der Waals surface area contributed by atoms with E-state index in [1.807, 2.05) is 18.2 Å². The van der Waals surface area contributed by atoms with E-state index in [1.165, 1.54) is 25.7 Å². The van der Waals surface area contributed by atoms with Crippen LogP contribution in [-0.2, 0) is 11.2 Å². The summed E-state index contributed by atoms with van der Waals surface area (Å²) in [5, 5.41) is 9.77. The normalized spacial score (nSPS) is 22.5. The maximum atomic E-state index is 12.9. The smallest absolute Gasteiger partial charge is 0.179 e. The maximum absolute atomic E-state index is 12.9. The number of ketones is 2. The molecule has 0 N–H and O–H groups in total. The molecule has 1 aromatic carbocycles. The first-order chi connectivity index (χ1) is 15.1. The van der Waals surface area contributed by atoms with Crippen LogP contribution in [0, 0.1) is 16.7 Å². The average molecular weight is 418 g/mol. The Balaban J connectivity index is 1.37. The Morgan fingerprint density at radius 2 is 1.81 bits per heavy atom. The van der Waals surface area contributed by atoms with Gasteiger partial charge < -0.3 is 9.80 Å². The highest BCUT2D eigenvalue weighted by molar-refractivity contribution is 6.10. The topological polar surface area (TPSA) is 64.4 Å². The fraction of sp³-hybridized carbons (Fsp3) is 0.577. The largest absolute Gasteiger partial charge is 0.370 e. The molecule has 5 nitrogen and oxygen atoms in total. The van der Waals surface area contributed by atoms with Crippen molar-refractivity contribution in [3.63, 3.8) is 0 Å². The Labute approximate surface area is 184 Å². The molecule has 0 bridgehead atoms. The summed E-state index contributed by atoms with van der Waals surface area (Å²) in [6.07, 6.45) is 9.12. The number of nitriles is 1. The van der Waals surface area contributed by atoms with Crippen LogP contribution in [0.25, 0.3) is 5.70 Å². The number of carbonyl (C=O) groups excluding carboxylic acids is 2. The number of allylic oxidation sites excluding steroid dienone is 1. The number of nitrogens with zero attached hydrogens (tertiary/aromatic N) is 3. The van der Waals surface area contributed by atoms with Gasteiger partial charge in [-0.05, 0) is 81.6 Å². The average Bonchev–Trinajstić information content (AvgIpc) is 3.32. The minimum Gasteiger partial charge on any atom is -0.370 e. The van der Waals surface area contributed by atoms with Crippen molar-refractivity contribution in [2.24, 2.45) is 5.41 Å². The number of carbonyl (C=O) groups is 2. The van der Waals surface area contributed by atoms with E-state index in [1.54, 1.807) is 0 Å². The van der Waals surface area contributed by atoms with Crippen molar-refractivity contribution >= 4 is 17.3 Å². The lowest BCUT2D eigenvalue weighted by Crippen LogP contribution is -2.36. The molecule has 162 valence electrons. The molecule has 3 fully saturated rings. The van der Waals surface area contributed by atoms with Gasteiger partial charge in [0.05, 0.1) is 5.70 Å². The molecule has 1 saturated carbocycles. The summed E-state index contributed by atoms with van der Waals surface area (Å²) < 4.78 is 0. The third-order valence-corrected chi connectivity index (χ3v) is 7.84. The van der Waals surface area contributed by atoms with Crippen LogP contribution in [0.5, 0.6) is 0 Å². The van der Waals surface area contributed by atoms with Crippen molar-refractivity contribution in [3.05, 3.63) is 40.5 Å². The molecular formula is C26H31N3O2. The van der Waals surface area contributed by atoms with Gasteiger partial charge in [0.2, 0.25) is 0 Å². The number of rotatable bonds is 6. The molecule has 2 aliphatic carbocycles. The number of hydrogen-bond donors (Lipinski definition) is 0. The zero-order chi connectivity index (χ0) is 21.4. The number of fused-ring (bicyclic) bond motifs is 1. The lowest BCUT2D eigenvalue weighted by atomic mass is 9.84. The highest BCUT2D eigenvalue weighted by Gasteiger charge is 2.45. The first kappa shape index (κ1) is 20.5. The van der Waals surface area contributed by atoms with Gasteiger partial charge >= 0.3 is 0 Å². The first-order valence-electron chi connectivity index (χ1n) is 11.9. The second kappa shape index (κ2) is 8.24. The van der Waals surface area contributed by atoms with Crippen LogP contribution >= 0.6 is 0 Å². The molecule has 2 aliphatic heterocycles. The summed E-state index contributed by atoms with van der Waals surface area (Å²) in [7, 11) is 0. The summed E-state index contributed by atoms with van der Waals surface area (Å²) in [5.41, 5.74) is 4.15. The lowest BCUT2D eigenvalue weighted by Gasteiger charge is -2.37. The zero-order valence-electron chi connectivity index (χ0n) is 18.3. The van der Waals surface area contributed by atoms with E-state index in [0.29, 0.717) is 17.4 Å². The van der Waals surface area contributed by atoms with Crippen LogP contribution in [0.1, 0.15) is 72.9 Å². The van der Waals surface area contributed by atoms with Crippen molar-refractivity contribution in [1.29, 1.82) is 5.26 Å². The molecule has 0 aromatic heterocycles. The number of piperidine rings is 1. The monoisotopic (exact) mass is 417 g/mol. The minimum atomic E-state index is -0.0959. The fourth-order valence-corrected chi connectivity index (χ4v) is 5.59. The van der Waals surface area contributed by atoms with Gasteiger partial charge in [-0.3, -0.25) is 9.59 Å². The van der Waals surface area contributed by atoms with Gasteiger partial charge in [-0.1, -0.05) is 12.1 Å². The van der Waals surface area contributed by atoms with E-state index >= 15 is 0 Å². The summed E-state index contributed by atoms with van der Waals surface area (Å²) in [4.78, 5) is 30.3. The molecule has 1 aromatic rings. The minimum absolute atomic E-state index is 0.0959. The van der Waals surface area contributed by atoms with E-state index < -0.39 is 0 Å². The standard InChI is InChI=1S/C26H31N3O2/c27-18-22-24(31)17-19-5-6-20(23(30)4-3-13-28-11-1-2-12-28)16-21(19)25(22)29-14-9-26(7-8-26)10-15-29/h5-6,16H,1-4,7-15,17H2. The van der Waals surface area contributed by atoms with Gasteiger partial charge in [0.1, 0.15) is 11.6 Å². The van der Waals surface area contributed by atoms with Gasteiger partial charge in [-0.15, -0.1) is 0 Å². The summed E-state index contributed by atoms with van der Waals surface area (Å²) in [6, 6.07) is 7.94. The third-order valence-electron chi connectivity index (χ3n) is 7.84. The third kappa shape index (κ3) is 4.06. The molecule has 5 heteroatoms. The Kier molecular flexibility index (Phi) is 5.44. The van der Waals surface area contributed by atoms with Gasteiger partial charge in [0.15, 0.2) is 11.6 Å². The number of likely N-dealkylation sites (tertiary alicyclic amines) is 2. The molecule has 31 heavy (non-hydrogen) atoms. The van der Waals surface area contributed by atoms with Gasteiger partial charge in [0.25, 0.3) is 0 Å². The van der Waals surface area contributed by atoms with E-state index in [9.17, 15) is 14.9 Å². The van der Waals surface area contributed by atoms with Crippen LogP contribution in [0.2, 0.25) is 0 Å². The van der Waals surface area contributed by atoms with Crippen molar-refractivity contribution in [1.82, 2.24) is 9.80 Å². The molecule has 5 rings (SSSR count). The highest BCUT2D eigenvalue weighted by Crippen LogP contribution is 2.54. The second-order valence-electron chi connectivity index (χ2n) is 9.87. The molecule has 1 spiro atoms. The molecule has 0 radical (unpaired) electrons. The van der Waals surface area contributed by atoms with Crippen LogP contribution in [0.4, 0.5) is 0 Å². The van der Waals surface area contributed by atoms with Crippen molar-refractivity contribution in [2.75, 3.05) is 32.7 Å². The van der Waals surface area contributed by atoms with Crippen LogP contribution in [-0.4, -0.2) is 54.1 Å². The Morgan fingerprint density at radius 3 is 2.48 bits per heavy atom. The van der Waals surface area contributed by atoms with Crippen LogP contribution in [0.3, 0.4) is 0 Å². The van der Waals surface area contributed by atoms with Gasteiger partial charge in [-0.2, -0.15) is 5.26 Å². The Hall–Kier alpha value is -2.45. The first-order valence-corrected chi connectivity index (χ1v) is 11.9. The molecule has 2 saturated heterocycles. The van der Waals surface area contributed by atoms with E-state index in [2.05, 4.69) is 15.9 Å². The summed E-state index contributed by atoms with van der Waals surface area (Å²) in [5.74, 6) is 0.0636. The number of hydrogen-bond acceptors (Lipinski definition) is 5. The quantitative estimate of drug-likeness (QED) is 0.655.